The van der Waals surface area contributed by atoms with Crippen LogP contribution in [0.2, 0.25) is 0 Å². The van der Waals surface area contributed by atoms with Crippen molar-refractivity contribution in [3.63, 3.8) is 0 Å². The van der Waals surface area contributed by atoms with Gasteiger partial charge in [0.1, 0.15) is 17.2 Å². The molecule has 0 unspecified atom stereocenters. The van der Waals surface area contributed by atoms with E-state index in [4.69, 9.17) is 28.4 Å². The molecule has 154 valence electrons. The van der Waals surface area contributed by atoms with Crippen LogP contribution < -0.4 is 23.7 Å². The fourth-order valence-corrected chi connectivity index (χ4v) is 3.17. The molecule has 0 fully saturated rings. The summed E-state index contributed by atoms with van der Waals surface area (Å²) in [6.07, 6.45) is 0.672. The van der Waals surface area contributed by atoms with Crippen LogP contribution in [0.4, 0.5) is 0 Å². The first-order chi connectivity index (χ1) is 13.6. The highest BCUT2D eigenvalue weighted by Gasteiger charge is 2.21. The maximum atomic E-state index is 5.77. The van der Waals surface area contributed by atoms with Gasteiger partial charge in [0, 0.05) is 30.2 Å². The second-order valence-corrected chi connectivity index (χ2v) is 6.19. The van der Waals surface area contributed by atoms with Crippen LogP contribution in [0.5, 0.6) is 28.7 Å². The van der Waals surface area contributed by atoms with Crippen LogP contribution in [-0.2, 0) is 11.2 Å². The lowest BCUT2D eigenvalue weighted by molar-refractivity contribution is 0.131. The molecule has 0 spiro atoms. The van der Waals surface area contributed by atoms with Crippen LogP contribution in [0.1, 0.15) is 24.0 Å². The Kier molecular flexibility index (Phi) is 8.26. The number of ether oxygens (including phenoxy) is 6. The van der Waals surface area contributed by atoms with Gasteiger partial charge in [-0.25, -0.2) is 0 Å². The van der Waals surface area contributed by atoms with E-state index >= 15 is 0 Å². The lowest BCUT2D eigenvalue weighted by Gasteiger charge is -2.22. The zero-order valence-electron chi connectivity index (χ0n) is 17.5. The summed E-state index contributed by atoms with van der Waals surface area (Å²) in [7, 11) is 8.17. The molecule has 0 heterocycles. The Labute approximate surface area is 167 Å². The van der Waals surface area contributed by atoms with Gasteiger partial charge in [-0.05, 0) is 31.0 Å². The van der Waals surface area contributed by atoms with Gasteiger partial charge in [0.2, 0.25) is 0 Å². The van der Waals surface area contributed by atoms with Crippen molar-refractivity contribution < 1.29 is 28.4 Å². The van der Waals surface area contributed by atoms with Gasteiger partial charge < -0.3 is 28.4 Å². The highest BCUT2D eigenvalue weighted by molar-refractivity contribution is 5.52. The minimum atomic E-state index is 0.0796. The zero-order chi connectivity index (χ0) is 20.5. The second-order valence-electron chi connectivity index (χ2n) is 6.19. The molecule has 2 rings (SSSR count). The summed E-state index contributed by atoms with van der Waals surface area (Å²) in [5.41, 5.74) is 2.05. The monoisotopic (exact) mass is 390 g/mol. The highest BCUT2D eigenvalue weighted by Crippen LogP contribution is 2.39. The SMILES string of the molecule is CCOC[C@H](Cc1c(OC)cc(OC)cc1OC)c1ccc(OC)c(OC)c1. The molecule has 6 heteroatoms. The van der Waals surface area contributed by atoms with E-state index in [2.05, 4.69) is 0 Å². The van der Waals surface area contributed by atoms with E-state index in [1.165, 1.54) is 0 Å². The van der Waals surface area contributed by atoms with E-state index in [-0.39, 0.29) is 5.92 Å². The van der Waals surface area contributed by atoms with Crippen LogP contribution in [0.3, 0.4) is 0 Å². The first-order valence-corrected chi connectivity index (χ1v) is 9.20. The highest BCUT2D eigenvalue weighted by atomic mass is 16.5. The van der Waals surface area contributed by atoms with Gasteiger partial charge in [-0.1, -0.05) is 6.07 Å². The van der Waals surface area contributed by atoms with Crippen molar-refractivity contribution in [3.8, 4) is 28.7 Å². The van der Waals surface area contributed by atoms with Crippen molar-refractivity contribution in [1.29, 1.82) is 0 Å². The molecule has 0 amide bonds. The second kappa shape index (κ2) is 10.7. The summed E-state index contributed by atoms with van der Waals surface area (Å²) in [4.78, 5) is 0. The molecule has 0 aromatic heterocycles. The Morgan fingerprint density at radius 3 is 1.82 bits per heavy atom. The minimum Gasteiger partial charge on any atom is -0.496 e. The summed E-state index contributed by atoms with van der Waals surface area (Å²) in [5, 5.41) is 0. The molecule has 0 saturated heterocycles. The molecule has 0 aliphatic rings. The first-order valence-electron chi connectivity index (χ1n) is 9.20. The molecule has 0 N–H and O–H groups in total. The largest absolute Gasteiger partial charge is 0.496 e. The average molecular weight is 390 g/mol. The third-order valence-corrected chi connectivity index (χ3v) is 4.67. The van der Waals surface area contributed by atoms with E-state index in [0.717, 1.165) is 22.6 Å². The number of hydrogen-bond donors (Lipinski definition) is 0. The summed E-state index contributed by atoms with van der Waals surface area (Å²) < 4.78 is 33.2. The molecule has 0 aliphatic heterocycles. The molecule has 0 aliphatic carbocycles. The lowest BCUT2D eigenvalue weighted by atomic mass is 9.91. The van der Waals surface area contributed by atoms with Gasteiger partial charge in [-0.2, -0.15) is 0 Å². The minimum absolute atomic E-state index is 0.0796. The molecule has 0 saturated carbocycles. The van der Waals surface area contributed by atoms with Crippen LogP contribution in [-0.4, -0.2) is 48.8 Å². The van der Waals surface area contributed by atoms with Crippen molar-refractivity contribution in [2.45, 2.75) is 19.3 Å². The van der Waals surface area contributed by atoms with Crippen LogP contribution in [0.15, 0.2) is 30.3 Å². The Bertz CT molecular complexity index is 734. The quantitative estimate of drug-likeness (QED) is 0.576. The van der Waals surface area contributed by atoms with E-state index in [9.17, 15) is 0 Å². The average Bonchev–Trinajstić information content (AvgIpc) is 2.75. The fourth-order valence-electron chi connectivity index (χ4n) is 3.17. The molecule has 0 radical (unpaired) electrons. The number of rotatable bonds is 11. The third kappa shape index (κ3) is 5.01. The predicted molar refractivity (Wildman–Crippen MR) is 109 cm³/mol. The number of hydrogen-bond acceptors (Lipinski definition) is 6. The van der Waals surface area contributed by atoms with Gasteiger partial charge in [-0.3, -0.25) is 0 Å². The van der Waals surface area contributed by atoms with E-state index in [0.29, 0.717) is 36.9 Å². The lowest BCUT2D eigenvalue weighted by Crippen LogP contribution is -2.13. The van der Waals surface area contributed by atoms with Gasteiger partial charge in [0.05, 0.1) is 42.2 Å². The predicted octanol–water partition coefficient (Wildman–Crippen LogP) is 4.09. The normalized spacial score (nSPS) is 11.6. The Balaban J connectivity index is 2.45. The van der Waals surface area contributed by atoms with E-state index < -0.39 is 0 Å². The van der Waals surface area contributed by atoms with Gasteiger partial charge >= 0.3 is 0 Å². The zero-order valence-corrected chi connectivity index (χ0v) is 17.5. The van der Waals surface area contributed by atoms with Gasteiger partial charge in [0.15, 0.2) is 11.5 Å². The Hall–Kier alpha value is -2.60. The maximum absolute atomic E-state index is 5.77. The van der Waals surface area contributed by atoms with Crippen molar-refractivity contribution in [2.24, 2.45) is 0 Å². The van der Waals surface area contributed by atoms with E-state index in [1.807, 2.05) is 37.3 Å². The van der Waals surface area contributed by atoms with E-state index in [1.54, 1.807) is 35.5 Å². The summed E-state index contributed by atoms with van der Waals surface area (Å²) in [6.45, 7) is 3.19. The standard InChI is InChI=1S/C22H30O6/c1-7-28-14-16(15-8-9-19(24-3)22(11-15)27-6)10-18-20(25-4)12-17(23-2)13-21(18)26-5/h8-9,11-13,16H,7,10,14H2,1-6H3/t16-/m0/s1. The molecule has 0 bridgehead atoms. The molecule has 1 atom stereocenters. The van der Waals surface area contributed by atoms with Crippen LogP contribution in [0, 0.1) is 0 Å². The Morgan fingerprint density at radius 2 is 1.32 bits per heavy atom. The van der Waals surface area contributed by atoms with Crippen molar-refractivity contribution in [1.82, 2.24) is 0 Å². The third-order valence-electron chi connectivity index (χ3n) is 4.67. The van der Waals surface area contributed by atoms with Crippen molar-refractivity contribution in [3.05, 3.63) is 41.5 Å². The molecular formula is C22H30O6. The molecule has 2 aromatic rings. The Morgan fingerprint density at radius 1 is 0.714 bits per heavy atom. The maximum Gasteiger partial charge on any atom is 0.160 e. The smallest absolute Gasteiger partial charge is 0.160 e. The summed E-state index contributed by atoms with van der Waals surface area (Å²) in [5.74, 6) is 3.59. The van der Waals surface area contributed by atoms with Crippen molar-refractivity contribution in [2.75, 3.05) is 48.8 Å². The first kappa shape index (κ1) is 21.7. The van der Waals surface area contributed by atoms with Crippen LogP contribution >= 0.6 is 0 Å². The molecular weight excluding hydrogens is 360 g/mol. The fraction of sp³-hybridized carbons (Fsp3) is 0.455. The molecule has 28 heavy (non-hydrogen) atoms. The summed E-state index contributed by atoms with van der Waals surface area (Å²) >= 11 is 0. The van der Waals surface area contributed by atoms with Gasteiger partial charge in [0.25, 0.3) is 0 Å². The van der Waals surface area contributed by atoms with Gasteiger partial charge in [-0.15, -0.1) is 0 Å². The number of methoxy groups -OCH3 is 5. The molecule has 2 aromatic carbocycles. The summed E-state index contributed by atoms with van der Waals surface area (Å²) in [6, 6.07) is 9.67. The van der Waals surface area contributed by atoms with Crippen molar-refractivity contribution >= 4 is 0 Å². The number of benzene rings is 2. The molecule has 6 nitrogen and oxygen atoms in total. The topological polar surface area (TPSA) is 55.4 Å². The van der Waals surface area contributed by atoms with Crippen LogP contribution in [0.25, 0.3) is 0 Å².